The molecule has 0 atom stereocenters. The van der Waals surface area contributed by atoms with E-state index in [9.17, 15) is 4.79 Å². The van der Waals surface area contributed by atoms with Gasteiger partial charge in [-0.05, 0) is 67.9 Å². The lowest BCUT2D eigenvalue weighted by Crippen LogP contribution is -2.28. The number of nitrogens with one attached hydrogen (secondary N) is 1. The predicted molar refractivity (Wildman–Crippen MR) is 141 cm³/mol. The third-order valence-corrected chi connectivity index (χ3v) is 7.57. The highest BCUT2D eigenvalue weighted by Crippen LogP contribution is 2.51. The first-order valence-electron chi connectivity index (χ1n) is 12.8. The van der Waals surface area contributed by atoms with Crippen LogP contribution in [0.2, 0.25) is 0 Å². The van der Waals surface area contributed by atoms with Crippen LogP contribution in [0.1, 0.15) is 58.7 Å². The van der Waals surface area contributed by atoms with Crippen LogP contribution in [0.5, 0.6) is 11.5 Å². The quantitative estimate of drug-likeness (QED) is 0.455. The van der Waals surface area contributed by atoms with Gasteiger partial charge in [0, 0.05) is 40.8 Å². The lowest BCUT2D eigenvalue weighted by atomic mass is 9.92. The van der Waals surface area contributed by atoms with E-state index in [4.69, 9.17) is 9.47 Å². The summed E-state index contributed by atoms with van der Waals surface area (Å²) in [6, 6.07) is 14.5. The van der Waals surface area contributed by atoms with E-state index >= 15 is 0 Å². The van der Waals surface area contributed by atoms with Crippen molar-refractivity contribution in [3.63, 3.8) is 0 Å². The average molecular weight is 476 g/mol. The Hall–Kier alpha value is -2.99. The summed E-state index contributed by atoms with van der Waals surface area (Å²) in [4.78, 5) is 15.9. The molecule has 1 amide bonds. The maximum atomic E-state index is 13.4. The Labute approximate surface area is 208 Å². The van der Waals surface area contributed by atoms with Crippen LogP contribution in [0.25, 0.3) is 10.9 Å². The van der Waals surface area contributed by atoms with Crippen LogP contribution in [-0.2, 0) is 22.2 Å². The van der Waals surface area contributed by atoms with Gasteiger partial charge in [0.2, 0.25) is 12.7 Å². The Morgan fingerprint density at radius 2 is 1.77 bits per heavy atom. The van der Waals surface area contributed by atoms with Gasteiger partial charge < -0.3 is 24.3 Å². The first-order chi connectivity index (χ1) is 16.7. The number of carbonyl (C=O) groups is 1. The monoisotopic (exact) mass is 475 g/mol. The third-order valence-electron chi connectivity index (χ3n) is 7.57. The smallest absolute Gasteiger partial charge is 0.235 e. The van der Waals surface area contributed by atoms with E-state index in [2.05, 4.69) is 67.6 Å². The molecule has 0 bridgehead atoms. The topological polar surface area (TPSA) is 55.7 Å². The summed E-state index contributed by atoms with van der Waals surface area (Å²) in [6.45, 7) is 15.6. The van der Waals surface area contributed by atoms with E-state index < -0.39 is 5.41 Å². The molecule has 2 aliphatic rings. The SMILES string of the molecule is CCN(CC)CCn1c(C(C)(C)C)cc2cc(NC(=O)C3(c4ccc5c(c4)OCO5)CC3)ccc21. The standard InChI is InChI=1S/C29H37N3O3/c1-6-31(7-2)14-15-32-23-10-9-22(16-20(23)17-26(32)28(3,4)5)30-27(33)29(12-13-29)21-8-11-24-25(18-21)35-19-34-24/h8-11,16-18H,6-7,12-15,19H2,1-5H3,(H,30,33). The molecule has 2 aromatic carbocycles. The van der Waals surface area contributed by atoms with E-state index in [1.807, 2.05) is 24.3 Å². The summed E-state index contributed by atoms with van der Waals surface area (Å²) < 4.78 is 13.4. The number of aromatic nitrogens is 1. The highest BCUT2D eigenvalue weighted by atomic mass is 16.7. The number of amides is 1. The molecule has 1 aliphatic heterocycles. The van der Waals surface area contributed by atoms with Gasteiger partial charge in [-0.25, -0.2) is 0 Å². The third kappa shape index (κ3) is 4.40. The molecule has 1 saturated carbocycles. The molecule has 6 heteroatoms. The van der Waals surface area contributed by atoms with Crippen LogP contribution in [0, 0.1) is 0 Å². The molecular weight excluding hydrogens is 438 g/mol. The van der Waals surface area contributed by atoms with E-state index in [-0.39, 0.29) is 18.1 Å². The second kappa shape index (κ2) is 8.90. The number of carbonyl (C=O) groups excluding carboxylic acids is 1. The molecule has 0 radical (unpaired) electrons. The first kappa shape index (κ1) is 23.7. The summed E-state index contributed by atoms with van der Waals surface area (Å²) in [5.74, 6) is 1.52. The highest BCUT2D eigenvalue weighted by Gasteiger charge is 2.51. The lowest BCUT2D eigenvalue weighted by Gasteiger charge is -2.25. The van der Waals surface area contributed by atoms with Crippen molar-refractivity contribution in [2.24, 2.45) is 0 Å². The van der Waals surface area contributed by atoms with E-state index in [0.29, 0.717) is 0 Å². The van der Waals surface area contributed by atoms with Gasteiger partial charge in [0.1, 0.15) is 0 Å². The van der Waals surface area contributed by atoms with Crippen molar-refractivity contribution in [3.8, 4) is 11.5 Å². The fourth-order valence-corrected chi connectivity index (χ4v) is 5.21. The molecule has 6 nitrogen and oxygen atoms in total. The van der Waals surface area contributed by atoms with Gasteiger partial charge in [-0.15, -0.1) is 0 Å². The Morgan fingerprint density at radius 1 is 1.03 bits per heavy atom. The zero-order valence-electron chi connectivity index (χ0n) is 21.6. The molecule has 1 N–H and O–H groups in total. The summed E-state index contributed by atoms with van der Waals surface area (Å²) >= 11 is 0. The first-order valence-corrected chi connectivity index (χ1v) is 12.8. The number of benzene rings is 2. The molecule has 1 aromatic heterocycles. The zero-order chi connectivity index (χ0) is 24.8. The Morgan fingerprint density at radius 3 is 2.46 bits per heavy atom. The maximum Gasteiger partial charge on any atom is 0.235 e. The summed E-state index contributed by atoms with van der Waals surface area (Å²) in [5, 5.41) is 4.38. The van der Waals surface area contributed by atoms with E-state index in [0.717, 1.165) is 61.8 Å². The number of ether oxygens (including phenoxy) is 2. The van der Waals surface area contributed by atoms with Crippen LogP contribution < -0.4 is 14.8 Å². The van der Waals surface area contributed by atoms with Gasteiger partial charge in [0.15, 0.2) is 11.5 Å². The maximum absolute atomic E-state index is 13.4. The van der Waals surface area contributed by atoms with Crippen LogP contribution in [0.3, 0.4) is 0 Å². The zero-order valence-corrected chi connectivity index (χ0v) is 21.6. The van der Waals surface area contributed by atoms with Crippen molar-refractivity contribution < 1.29 is 14.3 Å². The number of anilines is 1. The molecule has 2 heterocycles. The summed E-state index contributed by atoms with van der Waals surface area (Å²) in [5.41, 5.74) is 3.93. The minimum absolute atomic E-state index is 0.0309. The number of hydrogen-bond donors (Lipinski definition) is 1. The lowest BCUT2D eigenvalue weighted by molar-refractivity contribution is -0.118. The summed E-state index contributed by atoms with van der Waals surface area (Å²) in [7, 11) is 0. The van der Waals surface area contributed by atoms with Crippen LogP contribution in [0.4, 0.5) is 5.69 Å². The van der Waals surface area contributed by atoms with E-state index in [1.165, 1.54) is 16.6 Å². The van der Waals surface area contributed by atoms with Crippen LogP contribution >= 0.6 is 0 Å². The number of fused-ring (bicyclic) bond motifs is 2. The number of hydrogen-bond acceptors (Lipinski definition) is 4. The number of nitrogens with zero attached hydrogens (tertiary/aromatic N) is 2. The van der Waals surface area contributed by atoms with Gasteiger partial charge in [-0.2, -0.15) is 0 Å². The molecule has 3 aromatic rings. The van der Waals surface area contributed by atoms with Crippen molar-refractivity contribution in [3.05, 3.63) is 53.7 Å². The Kier molecular flexibility index (Phi) is 6.04. The van der Waals surface area contributed by atoms with Crippen molar-refractivity contribution in [1.29, 1.82) is 0 Å². The second-order valence-electron chi connectivity index (χ2n) is 10.8. The van der Waals surface area contributed by atoms with Gasteiger partial charge in [0.05, 0.1) is 5.41 Å². The van der Waals surface area contributed by atoms with Crippen molar-refractivity contribution >= 4 is 22.5 Å². The van der Waals surface area contributed by atoms with Crippen LogP contribution in [-0.4, -0.2) is 41.8 Å². The summed E-state index contributed by atoms with van der Waals surface area (Å²) in [6.07, 6.45) is 1.69. The molecule has 35 heavy (non-hydrogen) atoms. The van der Waals surface area contributed by atoms with E-state index in [1.54, 1.807) is 0 Å². The highest BCUT2D eigenvalue weighted by molar-refractivity contribution is 6.02. The van der Waals surface area contributed by atoms with Gasteiger partial charge in [-0.1, -0.05) is 40.7 Å². The molecule has 1 aliphatic carbocycles. The molecule has 186 valence electrons. The molecule has 0 spiro atoms. The fourth-order valence-electron chi connectivity index (χ4n) is 5.21. The number of rotatable bonds is 8. The fraction of sp³-hybridized carbons (Fsp3) is 0.483. The molecular formula is C29H37N3O3. The second-order valence-corrected chi connectivity index (χ2v) is 10.8. The van der Waals surface area contributed by atoms with Crippen LogP contribution in [0.15, 0.2) is 42.5 Å². The van der Waals surface area contributed by atoms with Gasteiger partial charge in [-0.3, -0.25) is 4.79 Å². The molecule has 0 saturated heterocycles. The minimum atomic E-state index is -0.484. The molecule has 0 unspecified atom stereocenters. The largest absolute Gasteiger partial charge is 0.454 e. The number of likely N-dealkylation sites (N-methyl/N-ethyl adjacent to an activating group) is 1. The van der Waals surface area contributed by atoms with Gasteiger partial charge >= 0.3 is 0 Å². The van der Waals surface area contributed by atoms with Gasteiger partial charge in [0.25, 0.3) is 0 Å². The van der Waals surface area contributed by atoms with Crippen molar-refractivity contribution in [2.75, 3.05) is 31.7 Å². The molecule has 5 rings (SSSR count). The Bertz CT molecular complexity index is 1250. The van der Waals surface area contributed by atoms with Crippen molar-refractivity contribution in [1.82, 2.24) is 9.47 Å². The minimum Gasteiger partial charge on any atom is -0.454 e. The normalized spacial score (nSPS) is 16.2. The average Bonchev–Trinajstić information content (AvgIpc) is 3.36. The van der Waals surface area contributed by atoms with Crippen molar-refractivity contribution in [2.45, 2.75) is 64.8 Å². The molecule has 1 fully saturated rings. The predicted octanol–water partition coefficient (Wildman–Crippen LogP) is 5.68. The Balaban J connectivity index is 1.40.